The fourth-order valence-corrected chi connectivity index (χ4v) is 2.67. The second kappa shape index (κ2) is 8.03. The Kier molecular flexibility index (Phi) is 6.06. The summed E-state index contributed by atoms with van der Waals surface area (Å²) >= 11 is 0. The number of hydrogen-bond acceptors (Lipinski definition) is 0. The maximum atomic E-state index is 12.6. The molecule has 2 aromatic carbocycles. The van der Waals surface area contributed by atoms with Crippen molar-refractivity contribution in [3.63, 3.8) is 0 Å². The van der Waals surface area contributed by atoms with Gasteiger partial charge in [0.25, 0.3) is 0 Å². The molecule has 0 bridgehead atoms. The predicted octanol–water partition coefficient (Wildman–Crippen LogP) is 6.91. The summed E-state index contributed by atoms with van der Waals surface area (Å²) < 4.78 is 37.7. The van der Waals surface area contributed by atoms with Gasteiger partial charge >= 0.3 is 6.18 Å². The van der Waals surface area contributed by atoms with Crippen LogP contribution < -0.4 is 0 Å². The van der Waals surface area contributed by atoms with Crippen LogP contribution in [0.2, 0.25) is 0 Å². The minimum Gasteiger partial charge on any atom is -0.166 e. The van der Waals surface area contributed by atoms with Crippen molar-refractivity contribution in [2.45, 2.75) is 45.2 Å². The lowest BCUT2D eigenvalue weighted by Crippen LogP contribution is -1.99. The molecule has 0 aliphatic heterocycles. The monoisotopic (exact) mass is 318 g/mol. The molecule has 0 unspecified atom stereocenters. The number of hydrogen-bond donors (Lipinski definition) is 0. The Bertz CT molecular complexity index is 699. The van der Waals surface area contributed by atoms with Crippen molar-refractivity contribution in [2.75, 3.05) is 0 Å². The molecule has 0 aromatic heterocycles. The largest absolute Gasteiger partial charge is 0.416 e. The molecule has 0 amide bonds. The highest BCUT2D eigenvalue weighted by Gasteiger charge is 2.22. The summed E-state index contributed by atoms with van der Waals surface area (Å²) in [6.45, 7) is 2.12. The van der Waals surface area contributed by atoms with E-state index in [9.17, 15) is 13.2 Å². The van der Waals surface area contributed by atoms with Gasteiger partial charge < -0.3 is 0 Å². The summed E-state index contributed by atoms with van der Waals surface area (Å²) in [5.74, 6) is 0. The molecular weight excluding hydrogens is 297 g/mol. The number of alkyl halides is 3. The molecule has 0 saturated heterocycles. The number of rotatable bonds is 6. The summed E-state index contributed by atoms with van der Waals surface area (Å²) in [5, 5.41) is 2.01. The smallest absolute Gasteiger partial charge is 0.166 e. The van der Waals surface area contributed by atoms with E-state index in [1.807, 2.05) is 42.5 Å². The average Bonchev–Trinajstić information content (AvgIpc) is 2.53. The second-order valence-corrected chi connectivity index (χ2v) is 5.65. The van der Waals surface area contributed by atoms with Crippen LogP contribution in [-0.4, -0.2) is 6.18 Å². The van der Waals surface area contributed by atoms with Crippen LogP contribution in [0.5, 0.6) is 0 Å². The molecule has 2 aromatic rings. The molecule has 122 valence electrons. The first-order chi connectivity index (χ1) is 11.0. The number of fused-ring (bicyclic) bond motifs is 1. The van der Waals surface area contributed by atoms with Gasteiger partial charge in [-0.1, -0.05) is 68.7 Å². The van der Waals surface area contributed by atoms with E-state index in [0.29, 0.717) is 12.0 Å². The molecule has 0 aliphatic rings. The summed E-state index contributed by atoms with van der Waals surface area (Å²) in [6, 6.07) is 13.5. The van der Waals surface area contributed by atoms with Gasteiger partial charge in [0, 0.05) is 5.57 Å². The van der Waals surface area contributed by atoms with Crippen LogP contribution in [0.3, 0.4) is 0 Å². The maximum absolute atomic E-state index is 12.6. The molecule has 23 heavy (non-hydrogen) atoms. The third-order valence-corrected chi connectivity index (χ3v) is 3.81. The number of halogens is 3. The van der Waals surface area contributed by atoms with E-state index in [4.69, 9.17) is 0 Å². The highest BCUT2D eigenvalue weighted by atomic mass is 19.4. The highest BCUT2D eigenvalue weighted by Crippen LogP contribution is 2.29. The predicted molar refractivity (Wildman–Crippen MR) is 90.3 cm³/mol. The van der Waals surface area contributed by atoms with E-state index in [1.54, 1.807) is 0 Å². The van der Waals surface area contributed by atoms with Crippen LogP contribution in [0, 0.1) is 0 Å². The van der Waals surface area contributed by atoms with E-state index in [1.165, 1.54) is 0 Å². The van der Waals surface area contributed by atoms with Gasteiger partial charge in [0.05, 0.1) is 6.08 Å². The van der Waals surface area contributed by atoms with Crippen molar-refractivity contribution >= 4 is 16.3 Å². The summed E-state index contributed by atoms with van der Waals surface area (Å²) in [7, 11) is 0. The Labute approximate surface area is 135 Å². The van der Waals surface area contributed by atoms with Gasteiger partial charge in [0.15, 0.2) is 0 Å². The van der Waals surface area contributed by atoms with E-state index in [-0.39, 0.29) is 6.08 Å². The zero-order chi connectivity index (χ0) is 16.7. The van der Waals surface area contributed by atoms with Gasteiger partial charge in [-0.25, -0.2) is 0 Å². The number of unbranched alkanes of at least 4 members (excludes halogenated alkanes) is 3. The topological polar surface area (TPSA) is 0 Å². The summed E-state index contributed by atoms with van der Waals surface area (Å²) in [5.41, 5.74) is 3.99. The first kappa shape index (κ1) is 17.4. The quantitative estimate of drug-likeness (QED) is 0.401. The van der Waals surface area contributed by atoms with Gasteiger partial charge in [-0.3, -0.25) is 0 Å². The van der Waals surface area contributed by atoms with Gasteiger partial charge in [0.1, 0.15) is 0 Å². The van der Waals surface area contributed by atoms with Crippen molar-refractivity contribution in [3.8, 4) is 0 Å². The first-order valence-electron chi connectivity index (χ1n) is 8.03. The maximum Gasteiger partial charge on any atom is 0.416 e. The fraction of sp³-hybridized carbons (Fsp3) is 0.350. The van der Waals surface area contributed by atoms with Crippen LogP contribution in [0.15, 0.2) is 54.3 Å². The molecular formula is C20H21F3. The molecule has 0 nitrogen and oxygen atoms in total. The molecule has 0 fully saturated rings. The molecule has 0 spiro atoms. The molecule has 0 atom stereocenters. The Hall–Kier alpha value is -1.99. The van der Waals surface area contributed by atoms with Crippen molar-refractivity contribution in [1.29, 1.82) is 0 Å². The van der Waals surface area contributed by atoms with E-state index >= 15 is 0 Å². The van der Waals surface area contributed by atoms with Crippen LogP contribution in [0.1, 0.15) is 44.6 Å². The van der Waals surface area contributed by atoms with E-state index in [0.717, 1.165) is 42.0 Å². The van der Waals surface area contributed by atoms with Crippen LogP contribution in [0.4, 0.5) is 13.2 Å². The van der Waals surface area contributed by atoms with Crippen molar-refractivity contribution < 1.29 is 13.2 Å². The SMILES string of the molecule is CCCCCCC(=C=CC(F)(F)F)c1cccc2ccccc12. The van der Waals surface area contributed by atoms with Crippen molar-refractivity contribution in [2.24, 2.45) is 0 Å². The van der Waals surface area contributed by atoms with Crippen LogP contribution in [0.25, 0.3) is 16.3 Å². The lowest BCUT2D eigenvalue weighted by Gasteiger charge is -2.09. The average molecular weight is 318 g/mol. The van der Waals surface area contributed by atoms with E-state index < -0.39 is 6.18 Å². The minimum atomic E-state index is -4.33. The standard InChI is InChI=1S/C20H21F3/c1-2-3-4-5-9-17(14-15-20(21,22)23)19-13-8-11-16-10-6-7-12-18(16)19/h6-8,10-13,15H,2-5,9H2,1H3. The first-order valence-corrected chi connectivity index (χ1v) is 8.03. The molecule has 2 rings (SSSR count). The van der Waals surface area contributed by atoms with E-state index in [2.05, 4.69) is 12.7 Å². The molecule has 0 radical (unpaired) electrons. The molecule has 0 aliphatic carbocycles. The lowest BCUT2D eigenvalue weighted by molar-refractivity contribution is -0.0796. The van der Waals surface area contributed by atoms with Gasteiger partial charge in [-0.2, -0.15) is 13.2 Å². The zero-order valence-corrected chi connectivity index (χ0v) is 13.3. The summed E-state index contributed by atoms with van der Waals surface area (Å²) in [4.78, 5) is 0. The Morgan fingerprint density at radius 3 is 2.48 bits per heavy atom. The Morgan fingerprint density at radius 2 is 1.74 bits per heavy atom. The number of benzene rings is 2. The summed E-state index contributed by atoms with van der Waals surface area (Å²) in [6.07, 6.45) is 0.616. The Balaban J connectivity index is 2.41. The molecule has 0 saturated carbocycles. The van der Waals surface area contributed by atoms with Gasteiger partial charge in [-0.15, -0.1) is 5.73 Å². The highest BCUT2D eigenvalue weighted by molar-refractivity contribution is 5.93. The van der Waals surface area contributed by atoms with Gasteiger partial charge in [-0.05, 0) is 29.2 Å². The second-order valence-electron chi connectivity index (χ2n) is 5.65. The third kappa shape index (κ3) is 5.30. The van der Waals surface area contributed by atoms with Crippen molar-refractivity contribution in [1.82, 2.24) is 0 Å². The van der Waals surface area contributed by atoms with Crippen molar-refractivity contribution in [3.05, 3.63) is 59.8 Å². The van der Waals surface area contributed by atoms with Crippen LogP contribution in [-0.2, 0) is 0 Å². The third-order valence-electron chi connectivity index (χ3n) is 3.81. The molecule has 0 heterocycles. The fourth-order valence-electron chi connectivity index (χ4n) is 2.67. The lowest BCUT2D eigenvalue weighted by atomic mass is 9.95. The molecule has 0 N–H and O–H groups in total. The van der Waals surface area contributed by atoms with Crippen LogP contribution >= 0.6 is 0 Å². The normalized spacial score (nSPS) is 11.3. The Morgan fingerprint density at radius 1 is 1.00 bits per heavy atom. The zero-order valence-electron chi connectivity index (χ0n) is 13.3. The number of allylic oxidation sites excluding steroid dienone is 1. The molecule has 3 heteroatoms. The minimum absolute atomic E-state index is 0.226. The van der Waals surface area contributed by atoms with Gasteiger partial charge in [0.2, 0.25) is 0 Å².